The van der Waals surface area contributed by atoms with Crippen molar-refractivity contribution in [3.8, 4) is 0 Å². The minimum Gasteiger partial charge on any atom is -0.345 e. The lowest BCUT2D eigenvalue weighted by molar-refractivity contribution is -0.134. The van der Waals surface area contributed by atoms with Crippen molar-refractivity contribution in [3.05, 3.63) is 0 Å². The van der Waals surface area contributed by atoms with Gasteiger partial charge >= 0.3 is 0 Å². The number of nitrogens with one attached hydrogen (secondary N) is 1. The summed E-state index contributed by atoms with van der Waals surface area (Å²) in [4.78, 5) is 28.9. The van der Waals surface area contributed by atoms with Crippen LogP contribution in [0.2, 0.25) is 0 Å². The van der Waals surface area contributed by atoms with Gasteiger partial charge in [0.2, 0.25) is 11.8 Å². The van der Waals surface area contributed by atoms with Gasteiger partial charge in [0, 0.05) is 39.8 Å². The van der Waals surface area contributed by atoms with Gasteiger partial charge in [0.05, 0.1) is 13.1 Å². The standard InChI is InChI=1S/C12H24N4O2/c1-4-15(3)11(17)9-14(2)10-12(18)16-7-5-13-6-8-16/h13H,4-10H2,1-3H3. The van der Waals surface area contributed by atoms with Gasteiger partial charge in [0.15, 0.2) is 0 Å². The van der Waals surface area contributed by atoms with Crippen LogP contribution in [0, 0.1) is 0 Å². The number of hydrogen-bond acceptors (Lipinski definition) is 4. The molecule has 0 bridgehead atoms. The van der Waals surface area contributed by atoms with Gasteiger partial charge in [0.25, 0.3) is 0 Å². The maximum absolute atomic E-state index is 12.0. The van der Waals surface area contributed by atoms with Crippen LogP contribution in [0.15, 0.2) is 0 Å². The summed E-state index contributed by atoms with van der Waals surface area (Å²) in [5, 5.41) is 3.21. The van der Waals surface area contributed by atoms with Crippen molar-refractivity contribution < 1.29 is 9.59 Å². The van der Waals surface area contributed by atoms with E-state index >= 15 is 0 Å². The molecule has 6 heteroatoms. The Morgan fingerprint density at radius 2 is 1.78 bits per heavy atom. The van der Waals surface area contributed by atoms with E-state index in [1.165, 1.54) is 0 Å². The summed E-state index contributed by atoms with van der Waals surface area (Å²) < 4.78 is 0. The summed E-state index contributed by atoms with van der Waals surface area (Å²) in [6, 6.07) is 0. The molecule has 104 valence electrons. The average Bonchev–Trinajstić information content (AvgIpc) is 2.38. The first-order chi connectivity index (χ1) is 8.54. The highest BCUT2D eigenvalue weighted by atomic mass is 16.2. The van der Waals surface area contributed by atoms with Crippen molar-refractivity contribution in [3.63, 3.8) is 0 Å². The van der Waals surface area contributed by atoms with E-state index in [1.54, 1.807) is 16.8 Å². The first kappa shape index (κ1) is 14.9. The third kappa shape index (κ3) is 4.62. The van der Waals surface area contributed by atoms with Crippen molar-refractivity contribution in [1.82, 2.24) is 20.0 Å². The number of amides is 2. The summed E-state index contributed by atoms with van der Waals surface area (Å²) in [6.07, 6.45) is 0. The van der Waals surface area contributed by atoms with E-state index < -0.39 is 0 Å². The largest absolute Gasteiger partial charge is 0.345 e. The zero-order valence-electron chi connectivity index (χ0n) is 11.6. The minimum absolute atomic E-state index is 0.0492. The van der Waals surface area contributed by atoms with Gasteiger partial charge in [-0.15, -0.1) is 0 Å². The van der Waals surface area contributed by atoms with Gasteiger partial charge in [-0.2, -0.15) is 0 Å². The van der Waals surface area contributed by atoms with Gasteiger partial charge < -0.3 is 15.1 Å². The maximum Gasteiger partial charge on any atom is 0.236 e. The lowest BCUT2D eigenvalue weighted by Crippen LogP contribution is -2.50. The zero-order valence-corrected chi connectivity index (χ0v) is 11.6. The molecule has 6 nitrogen and oxygen atoms in total. The lowest BCUT2D eigenvalue weighted by Gasteiger charge is -2.29. The molecule has 1 aliphatic rings. The topological polar surface area (TPSA) is 55.9 Å². The second-order valence-corrected chi connectivity index (χ2v) is 4.71. The number of piperazine rings is 1. The van der Waals surface area contributed by atoms with Crippen molar-refractivity contribution in [2.24, 2.45) is 0 Å². The number of rotatable bonds is 5. The first-order valence-corrected chi connectivity index (χ1v) is 6.45. The highest BCUT2D eigenvalue weighted by molar-refractivity contribution is 5.81. The molecule has 0 aromatic rings. The zero-order chi connectivity index (χ0) is 13.5. The number of carbonyl (C=O) groups excluding carboxylic acids is 2. The van der Waals surface area contributed by atoms with Crippen molar-refractivity contribution >= 4 is 11.8 Å². The van der Waals surface area contributed by atoms with Crippen LogP contribution in [-0.4, -0.2) is 86.4 Å². The predicted molar refractivity (Wildman–Crippen MR) is 70.3 cm³/mol. The molecule has 0 atom stereocenters. The number of carbonyl (C=O) groups is 2. The maximum atomic E-state index is 12.0. The van der Waals surface area contributed by atoms with Crippen LogP contribution in [0.1, 0.15) is 6.92 Å². The summed E-state index contributed by atoms with van der Waals surface area (Å²) >= 11 is 0. The van der Waals surface area contributed by atoms with Gasteiger partial charge in [-0.25, -0.2) is 0 Å². The van der Waals surface area contributed by atoms with Crippen LogP contribution in [0.4, 0.5) is 0 Å². The molecule has 0 spiro atoms. The normalized spacial score (nSPS) is 15.9. The molecule has 0 aliphatic carbocycles. The third-order valence-electron chi connectivity index (χ3n) is 3.18. The summed E-state index contributed by atoms with van der Waals surface area (Å²) in [7, 11) is 3.58. The highest BCUT2D eigenvalue weighted by Crippen LogP contribution is 1.96. The Kier molecular flexibility index (Phi) is 6.07. The molecule has 1 saturated heterocycles. The Morgan fingerprint density at radius 3 is 2.33 bits per heavy atom. The quantitative estimate of drug-likeness (QED) is 0.673. The van der Waals surface area contributed by atoms with Crippen LogP contribution in [0.3, 0.4) is 0 Å². The molecule has 2 amide bonds. The summed E-state index contributed by atoms with van der Waals surface area (Å²) in [5.41, 5.74) is 0. The summed E-state index contributed by atoms with van der Waals surface area (Å²) in [6.45, 7) is 6.46. The molecule has 1 fully saturated rings. The molecule has 1 rings (SSSR count). The fraction of sp³-hybridized carbons (Fsp3) is 0.833. The lowest BCUT2D eigenvalue weighted by atomic mass is 10.3. The Morgan fingerprint density at radius 1 is 1.17 bits per heavy atom. The Balaban J connectivity index is 2.32. The molecule has 0 unspecified atom stereocenters. The van der Waals surface area contributed by atoms with Crippen molar-refractivity contribution in [2.75, 3.05) is 59.9 Å². The van der Waals surface area contributed by atoms with E-state index in [9.17, 15) is 9.59 Å². The van der Waals surface area contributed by atoms with Gasteiger partial charge in [-0.3, -0.25) is 14.5 Å². The average molecular weight is 256 g/mol. The van der Waals surface area contributed by atoms with Crippen LogP contribution >= 0.6 is 0 Å². The number of likely N-dealkylation sites (N-methyl/N-ethyl adjacent to an activating group) is 2. The van der Waals surface area contributed by atoms with Crippen LogP contribution in [0.5, 0.6) is 0 Å². The van der Waals surface area contributed by atoms with Crippen molar-refractivity contribution in [1.29, 1.82) is 0 Å². The Bertz CT molecular complexity index is 290. The summed E-state index contributed by atoms with van der Waals surface area (Å²) in [5.74, 6) is 0.152. The van der Waals surface area contributed by atoms with E-state index in [0.717, 1.165) is 26.2 Å². The van der Waals surface area contributed by atoms with Gasteiger partial charge in [-0.05, 0) is 14.0 Å². The van der Waals surface area contributed by atoms with E-state index in [2.05, 4.69) is 5.32 Å². The fourth-order valence-electron chi connectivity index (χ4n) is 1.83. The monoisotopic (exact) mass is 256 g/mol. The molecule has 18 heavy (non-hydrogen) atoms. The Labute approximate surface area is 109 Å². The van der Waals surface area contributed by atoms with Gasteiger partial charge in [-0.1, -0.05) is 0 Å². The predicted octanol–water partition coefficient (Wildman–Crippen LogP) is -1.17. The second-order valence-electron chi connectivity index (χ2n) is 4.71. The van der Waals surface area contributed by atoms with E-state index in [4.69, 9.17) is 0 Å². The third-order valence-corrected chi connectivity index (χ3v) is 3.18. The van der Waals surface area contributed by atoms with Gasteiger partial charge in [0.1, 0.15) is 0 Å². The SMILES string of the molecule is CCN(C)C(=O)CN(C)CC(=O)N1CCNCC1. The molecule has 0 radical (unpaired) electrons. The first-order valence-electron chi connectivity index (χ1n) is 6.45. The minimum atomic E-state index is 0.0492. The molecule has 1 N–H and O–H groups in total. The van der Waals surface area contributed by atoms with Crippen LogP contribution in [0.25, 0.3) is 0 Å². The van der Waals surface area contributed by atoms with Crippen LogP contribution in [-0.2, 0) is 9.59 Å². The van der Waals surface area contributed by atoms with E-state index in [-0.39, 0.29) is 11.8 Å². The fourth-order valence-corrected chi connectivity index (χ4v) is 1.83. The molecule has 0 saturated carbocycles. The molecule has 0 aromatic heterocycles. The number of nitrogens with zero attached hydrogens (tertiary/aromatic N) is 3. The second kappa shape index (κ2) is 7.33. The molecule has 1 aliphatic heterocycles. The van der Waals surface area contributed by atoms with E-state index in [1.807, 2.05) is 18.9 Å². The van der Waals surface area contributed by atoms with Crippen LogP contribution < -0.4 is 5.32 Å². The molecule has 1 heterocycles. The highest BCUT2D eigenvalue weighted by Gasteiger charge is 2.19. The van der Waals surface area contributed by atoms with E-state index in [0.29, 0.717) is 19.6 Å². The van der Waals surface area contributed by atoms with Crippen molar-refractivity contribution in [2.45, 2.75) is 6.92 Å². The Hall–Kier alpha value is -1.14. The molecular weight excluding hydrogens is 232 g/mol. The molecule has 0 aromatic carbocycles. The smallest absolute Gasteiger partial charge is 0.236 e. The number of hydrogen-bond donors (Lipinski definition) is 1. The molecular formula is C12H24N4O2.